The number of amides is 1. The fraction of sp³-hybridized carbons (Fsp3) is 0.857. The van der Waals surface area contributed by atoms with Crippen LogP contribution in [-0.2, 0) is 4.79 Å². The summed E-state index contributed by atoms with van der Waals surface area (Å²) in [6.07, 6.45) is 6.52. The molecule has 2 saturated carbocycles. The zero-order chi connectivity index (χ0) is 14.0. The standard InChI is InChI=1S/C14H26N4O.HI/c1-17(2)12(19)14(8-4-5-9-14)10-16-13(15)18(3)11-6-7-11;/h11H,4-10H2,1-3H3,(H2,15,16);1H. The van der Waals surface area contributed by atoms with Crippen LogP contribution in [0.3, 0.4) is 0 Å². The zero-order valence-corrected chi connectivity index (χ0v) is 15.1. The molecule has 0 radical (unpaired) electrons. The van der Waals surface area contributed by atoms with E-state index in [1.54, 1.807) is 4.90 Å². The molecule has 1 amide bonds. The highest BCUT2D eigenvalue weighted by molar-refractivity contribution is 14.0. The third kappa shape index (κ3) is 3.77. The number of guanidine groups is 1. The first-order valence-electron chi connectivity index (χ1n) is 7.21. The highest BCUT2D eigenvalue weighted by Gasteiger charge is 2.42. The Balaban J connectivity index is 0.00000200. The van der Waals surface area contributed by atoms with Crippen LogP contribution in [0.1, 0.15) is 38.5 Å². The largest absolute Gasteiger partial charge is 0.370 e. The van der Waals surface area contributed by atoms with Gasteiger partial charge < -0.3 is 15.5 Å². The van der Waals surface area contributed by atoms with Crippen molar-refractivity contribution in [1.82, 2.24) is 9.80 Å². The quantitative estimate of drug-likeness (QED) is 0.448. The summed E-state index contributed by atoms with van der Waals surface area (Å²) >= 11 is 0. The molecule has 0 unspecified atom stereocenters. The normalized spacial score (nSPS) is 21.2. The Morgan fingerprint density at radius 3 is 2.25 bits per heavy atom. The third-order valence-electron chi connectivity index (χ3n) is 4.42. The summed E-state index contributed by atoms with van der Waals surface area (Å²) in [5, 5.41) is 0. The number of carbonyl (C=O) groups is 1. The van der Waals surface area contributed by atoms with E-state index in [9.17, 15) is 4.79 Å². The van der Waals surface area contributed by atoms with Crippen LogP contribution in [0.25, 0.3) is 0 Å². The Hall–Kier alpha value is -0.530. The maximum Gasteiger partial charge on any atom is 0.230 e. The first-order valence-corrected chi connectivity index (χ1v) is 7.21. The smallest absolute Gasteiger partial charge is 0.230 e. The molecule has 0 aromatic heterocycles. The summed E-state index contributed by atoms with van der Waals surface area (Å²) in [7, 11) is 5.64. The monoisotopic (exact) mass is 394 g/mol. The van der Waals surface area contributed by atoms with Crippen molar-refractivity contribution in [1.29, 1.82) is 0 Å². The van der Waals surface area contributed by atoms with E-state index in [2.05, 4.69) is 4.99 Å². The van der Waals surface area contributed by atoms with Gasteiger partial charge in [0.15, 0.2) is 5.96 Å². The van der Waals surface area contributed by atoms with E-state index in [1.807, 2.05) is 26.0 Å². The molecule has 0 bridgehead atoms. The van der Waals surface area contributed by atoms with E-state index in [4.69, 9.17) is 5.73 Å². The van der Waals surface area contributed by atoms with Crippen molar-refractivity contribution in [2.75, 3.05) is 27.7 Å². The van der Waals surface area contributed by atoms with Crippen molar-refractivity contribution in [2.45, 2.75) is 44.6 Å². The maximum atomic E-state index is 12.4. The molecule has 0 aromatic carbocycles. The van der Waals surface area contributed by atoms with Crippen molar-refractivity contribution in [2.24, 2.45) is 16.1 Å². The van der Waals surface area contributed by atoms with Crippen LogP contribution in [0.2, 0.25) is 0 Å². The summed E-state index contributed by atoms with van der Waals surface area (Å²) in [5.41, 5.74) is 5.72. The van der Waals surface area contributed by atoms with Crippen molar-refractivity contribution < 1.29 is 4.79 Å². The molecule has 2 rings (SSSR count). The summed E-state index contributed by atoms with van der Waals surface area (Å²) in [6, 6.07) is 0.563. The summed E-state index contributed by atoms with van der Waals surface area (Å²) < 4.78 is 0. The number of nitrogens with two attached hydrogens (primary N) is 1. The Bertz CT molecular complexity index is 373. The lowest BCUT2D eigenvalue weighted by Crippen LogP contribution is -2.42. The van der Waals surface area contributed by atoms with Crippen LogP contribution in [0.4, 0.5) is 0 Å². The fourth-order valence-electron chi connectivity index (χ4n) is 2.96. The van der Waals surface area contributed by atoms with E-state index in [1.165, 1.54) is 12.8 Å². The molecular formula is C14H27IN4O. The van der Waals surface area contributed by atoms with E-state index < -0.39 is 0 Å². The minimum Gasteiger partial charge on any atom is -0.370 e. The molecule has 2 aliphatic carbocycles. The number of hydrogen-bond acceptors (Lipinski definition) is 2. The van der Waals surface area contributed by atoms with Gasteiger partial charge in [-0.15, -0.1) is 24.0 Å². The second kappa shape index (κ2) is 6.95. The molecule has 2 N–H and O–H groups in total. The van der Waals surface area contributed by atoms with Gasteiger partial charge in [0.05, 0.1) is 12.0 Å². The van der Waals surface area contributed by atoms with Crippen LogP contribution < -0.4 is 5.73 Å². The lowest BCUT2D eigenvalue weighted by atomic mass is 9.85. The van der Waals surface area contributed by atoms with Gasteiger partial charge in [0.2, 0.25) is 5.91 Å². The number of rotatable bonds is 4. The molecule has 0 atom stereocenters. The van der Waals surface area contributed by atoms with E-state index in [0.29, 0.717) is 18.5 Å². The molecule has 2 fully saturated rings. The molecule has 0 aromatic rings. The molecule has 0 spiro atoms. The van der Waals surface area contributed by atoms with Crippen LogP contribution in [0, 0.1) is 5.41 Å². The Morgan fingerprint density at radius 1 is 1.25 bits per heavy atom. The van der Waals surface area contributed by atoms with Crippen LogP contribution in [0.15, 0.2) is 4.99 Å². The van der Waals surface area contributed by atoms with E-state index in [0.717, 1.165) is 25.7 Å². The minimum atomic E-state index is -0.307. The van der Waals surface area contributed by atoms with Crippen LogP contribution in [0.5, 0.6) is 0 Å². The van der Waals surface area contributed by atoms with Gasteiger partial charge in [-0.1, -0.05) is 12.8 Å². The molecule has 0 saturated heterocycles. The average Bonchev–Trinajstić information content (AvgIpc) is 3.13. The van der Waals surface area contributed by atoms with Gasteiger partial charge in [-0.25, -0.2) is 0 Å². The number of carbonyl (C=O) groups excluding carboxylic acids is 1. The SMILES string of the molecule is CN(C)C(=O)C1(CN=C(N)N(C)C2CC2)CCCC1.I. The highest BCUT2D eigenvalue weighted by Crippen LogP contribution is 2.39. The summed E-state index contributed by atoms with van der Waals surface area (Å²) in [6.45, 7) is 0.535. The molecule has 6 heteroatoms. The lowest BCUT2D eigenvalue weighted by molar-refractivity contribution is -0.138. The van der Waals surface area contributed by atoms with Gasteiger partial charge in [-0.3, -0.25) is 9.79 Å². The second-order valence-electron chi connectivity index (χ2n) is 6.20. The first-order chi connectivity index (χ1) is 8.96. The van der Waals surface area contributed by atoms with Gasteiger partial charge in [0, 0.05) is 27.2 Å². The van der Waals surface area contributed by atoms with Gasteiger partial charge in [-0.2, -0.15) is 0 Å². The predicted octanol–water partition coefficient (Wildman–Crippen LogP) is 1.66. The predicted molar refractivity (Wildman–Crippen MR) is 92.3 cm³/mol. The number of aliphatic imine (C=N–C) groups is 1. The van der Waals surface area contributed by atoms with Crippen molar-refractivity contribution in [3.05, 3.63) is 0 Å². The lowest BCUT2D eigenvalue weighted by Gasteiger charge is -2.29. The Kier molecular flexibility index (Phi) is 6.09. The van der Waals surface area contributed by atoms with Gasteiger partial charge in [-0.05, 0) is 25.7 Å². The van der Waals surface area contributed by atoms with E-state index in [-0.39, 0.29) is 35.3 Å². The minimum absolute atomic E-state index is 0. The molecule has 0 aliphatic heterocycles. The van der Waals surface area contributed by atoms with Gasteiger partial charge >= 0.3 is 0 Å². The van der Waals surface area contributed by atoms with Gasteiger partial charge in [0.1, 0.15) is 0 Å². The van der Waals surface area contributed by atoms with Crippen molar-refractivity contribution >= 4 is 35.8 Å². The molecule has 20 heavy (non-hydrogen) atoms. The Labute approximate surface area is 139 Å². The fourth-order valence-corrected chi connectivity index (χ4v) is 2.96. The number of nitrogens with zero attached hydrogens (tertiary/aromatic N) is 3. The zero-order valence-electron chi connectivity index (χ0n) is 12.8. The van der Waals surface area contributed by atoms with Crippen LogP contribution >= 0.6 is 24.0 Å². The summed E-state index contributed by atoms with van der Waals surface area (Å²) in [5.74, 6) is 0.788. The third-order valence-corrected chi connectivity index (χ3v) is 4.42. The second-order valence-corrected chi connectivity index (χ2v) is 6.20. The summed E-state index contributed by atoms with van der Waals surface area (Å²) in [4.78, 5) is 20.7. The van der Waals surface area contributed by atoms with E-state index >= 15 is 0 Å². The number of hydrogen-bond donors (Lipinski definition) is 1. The van der Waals surface area contributed by atoms with Gasteiger partial charge in [0.25, 0.3) is 0 Å². The van der Waals surface area contributed by atoms with Crippen molar-refractivity contribution in [3.8, 4) is 0 Å². The topological polar surface area (TPSA) is 61.9 Å². The van der Waals surface area contributed by atoms with Crippen molar-refractivity contribution in [3.63, 3.8) is 0 Å². The maximum absolute atomic E-state index is 12.4. The molecular weight excluding hydrogens is 367 g/mol. The molecule has 0 heterocycles. The Morgan fingerprint density at radius 2 is 1.80 bits per heavy atom. The molecule has 116 valence electrons. The molecule has 2 aliphatic rings. The number of halogens is 1. The molecule has 5 nitrogen and oxygen atoms in total. The average molecular weight is 394 g/mol. The first kappa shape index (κ1) is 17.5. The van der Waals surface area contributed by atoms with Crippen LogP contribution in [-0.4, -0.2) is 55.4 Å². The highest BCUT2D eigenvalue weighted by atomic mass is 127.